The largest absolute Gasteiger partial charge is 0.493 e. The normalized spacial score (nSPS) is 20.3. The van der Waals surface area contributed by atoms with Crippen LogP contribution in [0.4, 0.5) is 8.78 Å². The van der Waals surface area contributed by atoms with E-state index < -0.39 is 6.61 Å². The van der Waals surface area contributed by atoms with Crippen molar-refractivity contribution in [2.24, 2.45) is 5.92 Å². The van der Waals surface area contributed by atoms with Crippen molar-refractivity contribution >= 4 is 0 Å². The van der Waals surface area contributed by atoms with Crippen LogP contribution in [0.5, 0.6) is 11.5 Å². The molecule has 3 rings (SSSR count). The van der Waals surface area contributed by atoms with Crippen molar-refractivity contribution < 1.29 is 22.8 Å². The number of halogens is 2. The molecule has 1 saturated carbocycles. The summed E-state index contributed by atoms with van der Waals surface area (Å²) in [4.78, 5) is 6.69. The first kappa shape index (κ1) is 19.5. The lowest BCUT2D eigenvalue weighted by Crippen LogP contribution is -2.34. The molecule has 0 unspecified atom stereocenters. The standard InChI is InChI=1S/C19H25F2N3O3/c1-12-4-7-14(8-5-12)24(2)11-17-22-18(23-27-17)13-6-9-15(26-19(20)21)16(10-13)25-3/h6,9-10,12,14,19H,4-5,7-8,11H2,1-3H3. The first-order valence-corrected chi connectivity index (χ1v) is 9.12. The molecule has 1 aliphatic carbocycles. The molecule has 0 atom stereocenters. The topological polar surface area (TPSA) is 60.6 Å². The highest BCUT2D eigenvalue weighted by Gasteiger charge is 2.23. The number of benzene rings is 1. The van der Waals surface area contributed by atoms with Gasteiger partial charge in [-0.2, -0.15) is 13.8 Å². The average Bonchev–Trinajstić information content (AvgIpc) is 3.10. The van der Waals surface area contributed by atoms with Gasteiger partial charge < -0.3 is 14.0 Å². The zero-order chi connectivity index (χ0) is 19.4. The molecule has 1 fully saturated rings. The smallest absolute Gasteiger partial charge is 0.387 e. The zero-order valence-electron chi connectivity index (χ0n) is 15.8. The summed E-state index contributed by atoms with van der Waals surface area (Å²) in [5, 5.41) is 4.01. The minimum Gasteiger partial charge on any atom is -0.493 e. The van der Waals surface area contributed by atoms with E-state index in [1.165, 1.54) is 38.9 Å². The van der Waals surface area contributed by atoms with Crippen LogP contribution in [0.1, 0.15) is 38.5 Å². The summed E-state index contributed by atoms with van der Waals surface area (Å²) >= 11 is 0. The summed E-state index contributed by atoms with van der Waals surface area (Å²) in [6.07, 6.45) is 4.86. The maximum absolute atomic E-state index is 12.4. The quantitative estimate of drug-likeness (QED) is 0.710. The molecule has 6 nitrogen and oxygen atoms in total. The predicted octanol–water partition coefficient (Wildman–Crippen LogP) is 4.36. The van der Waals surface area contributed by atoms with Gasteiger partial charge in [-0.3, -0.25) is 4.90 Å². The van der Waals surface area contributed by atoms with E-state index in [4.69, 9.17) is 9.26 Å². The lowest BCUT2D eigenvalue weighted by molar-refractivity contribution is -0.0512. The fraction of sp³-hybridized carbons (Fsp3) is 0.579. The number of alkyl halides is 2. The molecule has 0 bridgehead atoms. The second-order valence-electron chi connectivity index (χ2n) is 7.08. The molecule has 0 amide bonds. The van der Waals surface area contributed by atoms with Crippen LogP contribution in [-0.4, -0.2) is 41.9 Å². The predicted molar refractivity (Wildman–Crippen MR) is 95.8 cm³/mol. The van der Waals surface area contributed by atoms with E-state index in [1.54, 1.807) is 12.1 Å². The molecule has 0 radical (unpaired) electrons. The Kier molecular flexibility index (Phi) is 6.26. The van der Waals surface area contributed by atoms with Gasteiger partial charge in [-0.15, -0.1) is 0 Å². The molecular formula is C19H25F2N3O3. The van der Waals surface area contributed by atoms with Crippen molar-refractivity contribution in [3.8, 4) is 22.9 Å². The van der Waals surface area contributed by atoms with E-state index in [1.807, 2.05) is 0 Å². The van der Waals surface area contributed by atoms with E-state index in [-0.39, 0.29) is 11.5 Å². The second-order valence-corrected chi connectivity index (χ2v) is 7.08. The maximum Gasteiger partial charge on any atom is 0.387 e. The van der Waals surface area contributed by atoms with Crippen molar-refractivity contribution in [2.75, 3.05) is 14.2 Å². The molecule has 0 spiro atoms. The molecular weight excluding hydrogens is 356 g/mol. The van der Waals surface area contributed by atoms with Crippen molar-refractivity contribution in [3.05, 3.63) is 24.1 Å². The van der Waals surface area contributed by atoms with Gasteiger partial charge in [0.25, 0.3) is 0 Å². The third-order valence-electron chi connectivity index (χ3n) is 5.10. The van der Waals surface area contributed by atoms with Gasteiger partial charge in [0.15, 0.2) is 11.5 Å². The number of methoxy groups -OCH3 is 1. The van der Waals surface area contributed by atoms with Crippen LogP contribution < -0.4 is 9.47 Å². The summed E-state index contributed by atoms with van der Waals surface area (Å²) in [7, 11) is 3.46. The zero-order valence-corrected chi connectivity index (χ0v) is 15.8. The van der Waals surface area contributed by atoms with Gasteiger partial charge in [-0.25, -0.2) is 0 Å². The molecule has 0 saturated heterocycles. The Hall–Kier alpha value is -2.22. The molecule has 148 valence electrons. The van der Waals surface area contributed by atoms with E-state index in [2.05, 4.69) is 33.7 Å². The number of nitrogens with zero attached hydrogens (tertiary/aromatic N) is 3. The van der Waals surface area contributed by atoms with E-state index in [9.17, 15) is 8.78 Å². The first-order chi connectivity index (χ1) is 13.0. The fourth-order valence-corrected chi connectivity index (χ4v) is 3.46. The highest BCUT2D eigenvalue weighted by Crippen LogP contribution is 2.33. The van der Waals surface area contributed by atoms with Crippen LogP contribution in [0, 0.1) is 5.92 Å². The number of hydrogen-bond donors (Lipinski definition) is 0. The Balaban J connectivity index is 1.68. The molecule has 0 N–H and O–H groups in total. The van der Waals surface area contributed by atoms with Crippen LogP contribution in [-0.2, 0) is 6.54 Å². The molecule has 1 heterocycles. The van der Waals surface area contributed by atoms with Crippen LogP contribution in [0.2, 0.25) is 0 Å². The van der Waals surface area contributed by atoms with Gasteiger partial charge in [0, 0.05) is 11.6 Å². The minimum atomic E-state index is -2.92. The van der Waals surface area contributed by atoms with E-state index in [0.29, 0.717) is 29.9 Å². The van der Waals surface area contributed by atoms with Gasteiger partial charge in [-0.05, 0) is 56.8 Å². The Morgan fingerprint density at radius 1 is 1.22 bits per heavy atom. The van der Waals surface area contributed by atoms with Crippen molar-refractivity contribution in [1.82, 2.24) is 15.0 Å². The van der Waals surface area contributed by atoms with Crippen LogP contribution in [0.25, 0.3) is 11.4 Å². The van der Waals surface area contributed by atoms with Crippen LogP contribution in [0.3, 0.4) is 0 Å². The van der Waals surface area contributed by atoms with Gasteiger partial charge in [-0.1, -0.05) is 12.1 Å². The van der Waals surface area contributed by atoms with E-state index >= 15 is 0 Å². The molecule has 27 heavy (non-hydrogen) atoms. The number of aromatic nitrogens is 2. The maximum atomic E-state index is 12.4. The fourth-order valence-electron chi connectivity index (χ4n) is 3.46. The Morgan fingerprint density at radius 2 is 1.96 bits per heavy atom. The lowest BCUT2D eigenvalue weighted by Gasteiger charge is -2.32. The number of hydrogen-bond acceptors (Lipinski definition) is 6. The van der Waals surface area contributed by atoms with Crippen molar-refractivity contribution in [3.63, 3.8) is 0 Å². The second kappa shape index (κ2) is 8.65. The summed E-state index contributed by atoms with van der Waals surface area (Å²) in [5.41, 5.74) is 0.609. The Bertz CT molecular complexity index is 746. The Labute approximate surface area is 157 Å². The molecule has 2 aromatic rings. The van der Waals surface area contributed by atoms with E-state index in [0.717, 1.165) is 5.92 Å². The third kappa shape index (κ3) is 4.94. The van der Waals surface area contributed by atoms with Crippen molar-refractivity contribution in [1.29, 1.82) is 0 Å². The molecule has 1 aromatic heterocycles. The minimum absolute atomic E-state index is 0.0359. The summed E-state index contributed by atoms with van der Waals surface area (Å²) < 4.78 is 39.8. The van der Waals surface area contributed by atoms with Gasteiger partial charge in [0.1, 0.15) is 0 Å². The van der Waals surface area contributed by atoms with Gasteiger partial charge >= 0.3 is 6.61 Å². The highest BCUT2D eigenvalue weighted by atomic mass is 19.3. The molecule has 0 aliphatic heterocycles. The number of rotatable bonds is 7. The Morgan fingerprint density at radius 3 is 2.63 bits per heavy atom. The lowest BCUT2D eigenvalue weighted by atomic mass is 9.87. The molecule has 1 aromatic carbocycles. The van der Waals surface area contributed by atoms with Crippen LogP contribution in [0.15, 0.2) is 22.7 Å². The third-order valence-corrected chi connectivity index (χ3v) is 5.10. The van der Waals surface area contributed by atoms with Gasteiger partial charge in [0.2, 0.25) is 11.7 Å². The van der Waals surface area contributed by atoms with Gasteiger partial charge in [0.05, 0.1) is 13.7 Å². The molecule has 1 aliphatic rings. The van der Waals surface area contributed by atoms with Crippen molar-refractivity contribution in [2.45, 2.75) is 51.8 Å². The monoisotopic (exact) mass is 381 g/mol. The average molecular weight is 381 g/mol. The first-order valence-electron chi connectivity index (χ1n) is 9.12. The van der Waals surface area contributed by atoms with Crippen LogP contribution >= 0.6 is 0 Å². The summed E-state index contributed by atoms with van der Waals surface area (Å²) in [6, 6.07) is 5.09. The number of ether oxygens (including phenoxy) is 2. The highest BCUT2D eigenvalue weighted by molar-refractivity contribution is 5.60. The SMILES string of the molecule is COc1cc(-c2noc(CN(C)C3CCC(C)CC3)n2)ccc1OC(F)F. The molecule has 8 heteroatoms. The summed E-state index contributed by atoms with van der Waals surface area (Å²) in [6.45, 7) is -0.0397. The summed E-state index contributed by atoms with van der Waals surface area (Å²) in [5.74, 6) is 1.87.